The van der Waals surface area contributed by atoms with Crippen LogP contribution in [0.5, 0.6) is 0 Å². The molecule has 85 valence electrons. The summed E-state index contributed by atoms with van der Waals surface area (Å²) in [7, 11) is 0. The molecule has 2 nitrogen and oxygen atoms in total. The zero-order valence-electron chi connectivity index (χ0n) is 9.61. The maximum atomic E-state index is 7.39. The van der Waals surface area contributed by atoms with Crippen LogP contribution in [-0.4, -0.2) is 5.84 Å². The van der Waals surface area contributed by atoms with Crippen molar-refractivity contribution in [2.45, 2.75) is 12.8 Å². The number of aryl methyl sites for hydroxylation is 2. The zero-order chi connectivity index (χ0) is 12.1. The van der Waals surface area contributed by atoms with E-state index in [4.69, 9.17) is 11.1 Å². The van der Waals surface area contributed by atoms with Crippen molar-refractivity contribution in [1.82, 2.24) is 0 Å². The summed E-state index contributed by atoms with van der Waals surface area (Å²) in [5.41, 5.74) is 8.64. The van der Waals surface area contributed by atoms with Crippen LogP contribution in [0.15, 0.2) is 48.5 Å². The minimum atomic E-state index is 0.111. The van der Waals surface area contributed by atoms with Crippen molar-refractivity contribution in [2.24, 2.45) is 5.73 Å². The summed E-state index contributed by atoms with van der Waals surface area (Å²) in [5, 5.41) is 7.39. The van der Waals surface area contributed by atoms with Crippen molar-refractivity contribution >= 4 is 5.84 Å². The number of nitrogens with two attached hydrogens (primary N) is 1. The molecule has 2 aromatic rings. The molecule has 0 amide bonds. The summed E-state index contributed by atoms with van der Waals surface area (Å²) in [6.45, 7) is 0. The minimum Gasteiger partial charge on any atom is -0.384 e. The van der Waals surface area contributed by atoms with E-state index in [2.05, 4.69) is 18.2 Å². The molecule has 0 unspecified atom stereocenters. The molecule has 0 aliphatic heterocycles. The summed E-state index contributed by atoms with van der Waals surface area (Å²) in [6, 6.07) is 19.1. The van der Waals surface area contributed by atoms with Crippen LogP contribution < -0.4 is 5.73 Å². The van der Waals surface area contributed by atoms with Crippen molar-refractivity contribution in [2.75, 3.05) is 0 Å². The van der Waals surface area contributed by atoms with E-state index in [0.717, 1.165) is 24.0 Å². The molecule has 0 aromatic heterocycles. The molecule has 2 heteroatoms. The van der Waals surface area contributed by atoms with Crippen molar-refractivity contribution in [3.05, 3.63) is 71.3 Å². The highest BCUT2D eigenvalue weighted by molar-refractivity contribution is 5.95. The van der Waals surface area contributed by atoms with Gasteiger partial charge in [0.05, 0.1) is 0 Å². The van der Waals surface area contributed by atoms with E-state index >= 15 is 0 Å². The highest BCUT2D eigenvalue weighted by atomic mass is 14.7. The summed E-state index contributed by atoms with van der Waals surface area (Å²) in [4.78, 5) is 0. The van der Waals surface area contributed by atoms with Gasteiger partial charge in [0.15, 0.2) is 0 Å². The monoisotopic (exact) mass is 223 g/mol. The molecule has 1 radical (unpaired) electrons. The molecule has 0 saturated carbocycles. The molecule has 0 aliphatic carbocycles. The average Bonchev–Trinajstić information content (AvgIpc) is 2.38. The second kappa shape index (κ2) is 5.30. The molecule has 0 atom stereocenters. The second-order valence-corrected chi connectivity index (χ2v) is 4.00. The van der Waals surface area contributed by atoms with Gasteiger partial charge in [0.1, 0.15) is 5.84 Å². The Bertz CT molecular complexity index is 503. The first-order valence-electron chi connectivity index (χ1n) is 5.64. The van der Waals surface area contributed by atoms with E-state index in [-0.39, 0.29) is 5.84 Å². The van der Waals surface area contributed by atoms with Crippen LogP contribution in [-0.2, 0) is 12.8 Å². The third-order valence-corrected chi connectivity index (χ3v) is 2.70. The van der Waals surface area contributed by atoms with Gasteiger partial charge in [0.2, 0.25) is 0 Å². The van der Waals surface area contributed by atoms with E-state index in [1.807, 2.05) is 36.4 Å². The first-order chi connectivity index (χ1) is 8.25. The fraction of sp³-hybridized carbons (Fsp3) is 0.133. The lowest BCUT2D eigenvalue weighted by molar-refractivity contribution is 0.958. The third kappa shape index (κ3) is 3.18. The van der Waals surface area contributed by atoms with E-state index in [0.29, 0.717) is 0 Å². The molecule has 0 saturated heterocycles. The van der Waals surface area contributed by atoms with Crippen LogP contribution in [0.2, 0.25) is 0 Å². The van der Waals surface area contributed by atoms with Crippen molar-refractivity contribution in [1.29, 1.82) is 5.41 Å². The Morgan fingerprint density at radius 2 is 1.88 bits per heavy atom. The summed E-state index contributed by atoms with van der Waals surface area (Å²) in [5.74, 6) is 0.111. The number of nitrogen functional groups attached to an aromatic ring is 1. The van der Waals surface area contributed by atoms with Crippen LogP contribution in [0.25, 0.3) is 0 Å². The molecule has 2 rings (SSSR count). The van der Waals surface area contributed by atoms with Gasteiger partial charge in [-0.2, -0.15) is 0 Å². The van der Waals surface area contributed by atoms with Crippen LogP contribution in [0, 0.1) is 11.5 Å². The fourth-order valence-corrected chi connectivity index (χ4v) is 1.75. The van der Waals surface area contributed by atoms with Gasteiger partial charge < -0.3 is 5.73 Å². The SMILES string of the molecule is N=C(N)c1cc[c]c(CCc2ccccc2)c1. The molecule has 0 heterocycles. The Morgan fingerprint density at radius 1 is 1.12 bits per heavy atom. The van der Waals surface area contributed by atoms with E-state index < -0.39 is 0 Å². The molecule has 0 spiro atoms. The van der Waals surface area contributed by atoms with Gasteiger partial charge in [-0.05, 0) is 36.1 Å². The second-order valence-electron chi connectivity index (χ2n) is 4.00. The highest BCUT2D eigenvalue weighted by Gasteiger charge is 1.99. The molecular weight excluding hydrogens is 208 g/mol. The van der Waals surface area contributed by atoms with E-state index in [9.17, 15) is 0 Å². The van der Waals surface area contributed by atoms with Crippen molar-refractivity contribution < 1.29 is 0 Å². The summed E-state index contributed by atoms with van der Waals surface area (Å²) in [6.07, 6.45) is 1.91. The average molecular weight is 223 g/mol. The van der Waals surface area contributed by atoms with Gasteiger partial charge in [-0.3, -0.25) is 5.41 Å². The molecule has 17 heavy (non-hydrogen) atoms. The number of hydrogen-bond acceptors (Lipinski definition) is 1. The van der Waals surface area contributed by atoms with Gasteiger partial charge >= 0.3 is 0 Å². The number of hydrogen-bond donors (Lipinski definition) is 2. The van der Waals surface area contributed by atoms with Crippen molar-refractivity contribution in [3.8, 4) is 0 Å². The Morgan fingerprint density at radius 3 is 2.59 bits per heavy atom. The molecule has 2 aromatic carbocycles. The van der Waals surface area contributed by atoms with E-state index in [1.54, 1.807) is 0 Å². The minimum absolute atomic E-state index is 0.111. The molecular formula is C15H15N2. The smallest absolute Gasteiger partial charge is 0.122 e. The van der Waals surface area contributed by atoms with E-state index in [1.165, 1.54) is 5.56 Å². The Hall–Kier alpha value is -2.09. The number of rotatable bonds is 4. The molecule has 0 aliphatic rings. The number of amidine groups is 1. The van der Waals surface area contributed by atoms with Crippen LogP contribution >= 0.6 is 0 Å². The van der Waals surface area contributed by atoms with Crippen molar-refractivity contribution in [3.63, 3.8) is 0 Å². The van der Waals surface area contributed by atoms with Gasteiger partial charge in [-0.25, -0.2) is 0 Å². The normalized spacial score (nSPS) is 10.1. The summed E-state index contributed by atoms with van der Waals surface area (Å²) < 4.78 is 0. The Labute approximate surface area is 102 Å². The lowest BCUT2D eigenvalue weighted by Gasteiger charge is -2.04. The van der Waals surface area contributed by atoms with Crippen LogP contribution in [0.4, 0.5) is 0 Å². The molecule has 0 fully saturated rings. The van der Waals surface area contributed by atoms with Gasteiger partial charge in [-0.15, -0.1) is 0 Å². The van der Waals surface area contributed by atoms with Gasteiger partial charge in [0.25, 0.3) is 0 Å². The van der Waals surface area contributed by atoms with Crippen LogP contribution in [0.3, 0.4) is 0 Å². The standard InChI is InChI=1S/C15H15N2/c16-15(17)14-8-4-7-13(11-14)10-9-12-5-2-1-3-6-12/h1-6,8,11H,9-10H2,(H3,16,17). The largest absolute Gasteiger partial charge is 0.384 e. The highest BCUT2D eigenvalue weighted by Crippen LogP contribution is 2.08. The molecule has 0 bridgehead atoms. The predicted octanol–water partition coefficient (Wildman–Crippen LogP) is 2.56. The number of nitrogens with one attached hydrogen (secondary N) is 1. The molecule has 3 N–H and O–H groups in total. The maximum Gasteiger partial charge on any atom is 0.122 e. The quantitative estimate of drug-likeness (QED) is 0.607. The third-order valence-electron chi connectivity index (χ3n) is 2.70. The number of benzene rings is 2. The zero-order valence-corrected chi connectivity index (χ0v) is 9.61. The Balaban J connectivity index is 2.04. The first kappa shape index (κ1) is 11.4. The Kier molecular flexibility index (Phi) is 3.55. The lowest BCUT2D eigenvalue weighted by Crippen LogP contribution is -2.11. The predicted molar refractivity (Wildman–Crippen MR) is 70.1 cm³/mol. The van der Waals surface area contributed by atoms with Gasteiger partial charge in [-0.1, -0.05) is 42.5 Å². The lowest BCUT2D eigenvalue weighted by atomic mass is 10.0. The summed E-state index contributed by atoms with van der Waals surface area (Å²) >= 11 is 0. The maximum absolute atomic E-state index is 7.39. The van der Waals surface area contributed by atoms with Gasteiger partial charge in [0, 0.05) is 5.56 Å². The topological polar surface area (TPSA) is 49.9 Å². The van der Waals surface area contributed by atoms with Crippen LogP contribution in [0.1, 0.15) is 16.7 Å². The first-order valence-corrected chi connectivity index (χ1v) is 5.64. The fourth-order valence-electron chi connectivity index (χ4n) is 1.75.